The normalized spacial score (nSPS) is 12.0. The second-order valence-corrected chi connectivity index (χ2v) is 6.41. The van der Waals surface area contributed by atoms with Crippen LogP contribution in [0.4, 0.5) is 4.39 Å². The molecule has 0 radical (unpaired) electrons. The average molecular weight is 357 g/mol. The topological polar surface area (TPSA) is 79.3 Å². The highest BCUT2D eigenvalue weighted by molar-refractivity contribution is 7.13. The third kappa shape index (κ3) is 4.27. The number of nitrogens with one attached hydrogen (secondary N) is 1. The zero-order valence-electron chi connectivity index (χ0n) is 12.4. The van der Waals surface area contributed by atoms with Gasteiger partial charge in [0.15, 0.2) is 0 Å². The van der Waals surface area contributed by atoms with Gasteiger partial charge in [-0.2, -0.15) is 0 Å². The van der Waals surface area contributed by atoms with E-state index >= 15 is 0 Å². The van der Waals surface area contributed by atoms with Gasteiger partial charge >= 0.3 is 5.97 Å². The van der Waals surface area contributed by atoms with Crippen LogP contribution in [-0.2, 0) is 11.2 Å². The van der Waals surface area contributed by atoms with Crippen LogP contribution in [0, 0.1) is 12.7 Å². The number of carboxylic acids is 1. The van der Waals surface area contributed by atoms with Gasteiger partial charge in [0, 0.05) is 5.02 Å². The molecule has 1 unspecified atom stereocenters. The van der Waals surface area contributed by atoms with Crippen LogP contribution in [0.3, 0.4) is 0 Å². The standard InChI is InChI=1S/C15H14ClFN2O3S/c1-7-13(15(21)22)23-14(19-7)8(2)18-12(20)5-9-3-4-10(17)6-11(9)16/h3-4,6,8H,5H2,1-2H3,(H,18,20)(H,21,22). The highest BCUT2D eigenvalue weighted by Crippen LogP contribution is 2.24. The molecule has 2 aromatic rings. The number of amides is 1. The summed E-state index contributed by atoms with van der Waals surface area (Å²) in [5.41, 5.74) is 0.930. The Balaban J connectivity index is 2.05. The lowest BCUT2D eigenvalue weighted by atomic mass is 10.1. The van der Waals surface area contributed by atoms with Crippen molar-refractivity contribution in [2.24, 2.45) is 0 Å². The number of halogens is 2. The van der Waals surface area contributed by atoms with Crippen LogP contribution >= 0.6 is 22.9 Å². The van der Waals surface area contributed by atoms with E-state index in [0.717, 1.165) is 17.4 Å². The van der Waals surface area contributed by atoms with Gasteiger partial charge in [-0.05, 0) is 31.5 Å². The molecule has 2 rings (SSSR count). The molecule has 0 saturated carbocycles. The minimum atomic E-state index is -1.04. The molecule has 1 atom stereocenters. The van der Waals surface area contributed by atoms with Gasteiger partial charge in [-0.25, -0.2) is 14.2 Å². The largest absolute Gasteiger partial charge is 0.477 e. The number of hydrogen-bond acceptors (Lipinski definition) is 4. The van der Waals surface area contributed by atoms with E-state index in [9.17, 15) is 14.0 Å². The molecule has 0 aliphatic rings. The molecule has 5 nitrogen and oxygen atoms in total. The molecule has 0 spiro atoms. The number of aryl methyl sites for hydroxylation is 1. The first-order valence-corrected chi connectivity index (χ1v) is 7.91. The summed E-state index contributed by atoms with van der Waals surface area (Å²) >= 11 is 6.92. The van der Waals surface area contributed by atoms with E-state index in [0.29, 0.717) is 16.3 Å². The SMILES string of the molecule is Cc1nc(C(C)NC(=O)Cc2ccc(F)cc2Cl)sc1C(=O)O. The smallest absolute Gasteiger partial charge is 0.347 e. The third-order valence-electron chi connectivity index (χ3n) is 3.12. The number of nitrogens with zero attached hydrogens (tertiary/aromatic N) is 1. The Morgan fingerprint density at radius 3 is 2.74 bits per heavy atom. The first-order chi connectivity index (χ1) is 10.8. The predicted molar refractivity (Wildman–Crippen MR) is 85.5 cm³/mol. The van der Waals surface area contributed by atoms with Crippen molar-refractivity contribution in [1.82, 2.24) is 10.3 Å². The molecule has 1 amide bonds. The lowest BCUT2D eigenvalue weighted by Crippen LogP contribution is -2.28. The highest BCUT2D eigenvalue weighted by atomic mass is 35.5. The summed E-state index contributed by atoms with van der Waals surface area (Å²) in [4.78, 5) is 27.4. The Labute approximate surface area is 141 Å². The molecule has 122 valence electrons. The number of rotatable bonds is 5. The van der Waals surface area contributed by atoms with Gasteiger partial charge < -0.3 is 10.4 Å². The minimum absolute atomic E-state index is 0.000398. The number of carboxylic acid groups (broad SMARTS) is 1. The van der Waals surface area contributed by atoms with Crippen molar-refractivity contribution in [2.45, 2.75) is 26.3 Å². The summed E-state index contributed by atoms with van der Waals surface area (Å²) in [5, 5.41) is 12.5. The molecule has 0 aliphatic heterocycles. The van der Waals surface area contributed by atoms with Crippen LogP contribution in [0.5, 0.6) is 0 Å². The summed E-state index contributed by atoms with van der Waals surface area (Å²) in [6.45, 7) is 3.32. The van der Waals surface area contributed by atoms with E-state index in [1.54, 1.807) is 13.8 Å². The molecular formula is C15H14ClFN2O3S. The molecule has 1 aromatic carbocycles. The monoisotopic (exact) mass is 356 g/mol. The van der Waals surface area contributed by atoms with Crippen LogP contribution in [0.2, 0.25) is 5.02 Å². The van der Waals surface area contributed by atoms with E-state index in [4.69, 9.17) is 16.7 Å². The van der Waals surface area contributed by atoms with Crippen LogP contribution in [0.15, 0.2) is 18.2 Å². The summed E-state index contributed by atoms with van der Waals surface area (Å²) in [7, 11) is 0. The van der Waals surface area contributed by atoms with Crippen molar-refractivity contribution in [3.8, 4) is 0 Å². The third-order valence-corrected chi connectivity index (χ3v) is 4.80. The van der Waals surface area contributed by atoms with E-state index in [1.165, 1.54) is 12.1 Å². The molecule has 0 fully saturated rings. The second-order valence-electron chi connectivity index (χ2n) is 4.97. The molecule has 8 heteroatoms. The number of carbonyl (C=O) groups is 2. The average Bonchev–Trinajstić information content (AvgIpc) is 2.84. The van der Waals surface area contributed by atoms with Crippen molar-refractivity contribution in [2.75, 3.05) is 0 Å². The highest BCUT2D eigenvalue weighted by Gasteiger charge is 2.19. The Hall–Kier alpha value is -1.99. The maximum absolute atomic E-state index is 13.0. The molecule has 0 bridgehead atoms. The molecular weight excluding hydrogens is 343 g/mol. The van der Waals surface area contributed by atoms with E-state index in [2.05, 4.69) is 10.3 Å². The van der Waals surface area contributed by atoms with Gasteiger partial charge in [-0.15, -0.1) is 11.3 Å². The minimum Gasteiger partial charge on any atom is -0.477 e. The van der Waals surface area contributed by atoms with Crippen molar-refractivity contribution >= 4 is 34.8 Å². The van der Waals surface area contributed by atoms with Gasteiger partial charge in [-0.3, -0.25) is 4.79 Å². The van der Waals surface area contributed by atoms with E-state index in [1.807, 2.05) is 0 Å². The maximum atomic E-state index is 13.0. The van der Waals surface area contributed by atoms with Gasteiger partial charge in [0.1, 0.15) is 15.7 Å². The lowest BCUT2D eigenvalue weighted by Gasteiger charge is -2.11. The summed E-state index contributed by atoms with van der Waals surface area (Å²) in [5.74, 6) is -1.81. The summed E-state index contributed by atoms with van der Waals surface area (Å²) < 4.78 is 13.0. The number of hydrogen-bond donors (Lipinski definition) is 2. The fraction of sp³-hybridized carbons (Fsp3) is 0.267. The van der Waals surface area contributed by atoms with Crippen molar-refractivity contribution in [3.05, 3.63) is 50.2 Å². The summed E-state index contributed by atoms with van der Waals surface area (Å²) in [6, 6.07) is 3.41. The van der Waals surface area contributed by atoms with E-state index in [-0.39, 0.29) is 22.2 Å². The van der Waals surface area contributed by atoms with Gasteiger partial charge in [0.2, 0.25) is 5.91 Å². The molecule has 23 heavy (non-hydrogen) atoms. The molecule has 1 heterocycles. The fourth-order valence-electron chi connectivity index (χ4n) is 1.99. The Kier molecular flexibility index (Phi) is 5.33. The second kappa shape index (κ2) is 7.06. The first kappa shape index (κ1) is 17.4. The van der Waals surface area contributed by atoms with Crippen molar-refractivity contribution in [1.29, 1.82) is 0 Å². The Bertz CT molecular complexity index is 763. The van der Waals surface area contributed by atoms with Gasteiger partial charge in [0.25, 0.3) is 0 Å². The number of benzene rings is 1. The number of thiazole rings is 1. The van der Waals surface area contributed by atoms with Crippen molar-refractivity contribution in [3.63, 3.8) is 0 Å². The van der Waals surface area contributed by atoms with Crippen molar-refractivity contribution < 1.29 is 19.1 Å². The quantitative estimate of drug-likeness (QED) is 0.860. The number of aromatic nitrogens is 1. The fourth-order valence-corrected chi connectivity index (χ4v) is 3.14. The summed E-state index contributed by atoms with van der Waals surface area (Å²) in [6.07, 6.45) is -0.000398. The zero-order chi connectivity index (χ0) is 17.1. The van der Waals surface area contributed by atoms with Crippen LogP contribution in [0.25, 0.3) is 0 Å². The first-order valence-electron chi connectivity index (χ1n) is 6.72. The van der Waals surface area contributed by atoms with Crippen LogP contribution in [-0.4, -0.2) is 22.0 Å². The molecule has 0 aliphatic carbocycles. The zero-order valence-corrected chi connectivity index (χ0v) is 14.0. The Morgan fingerprint density at radius 1 is 1.48 bits per heavy atom. The predicted octanol–water partition coefficient (Wildman–Crippen LogP) is 3.36. The Morgan fingerprint density at radius 2 is 2.17 bits per heavy atom. The molecule has 2 N–H and O–H groups in total. The van der Waals surface area contributed by atoms with Gasteiger partial charge in [-0.1, -0.05) is 17.7 Å². The molecule has 0 saturated heterocycles. The van der Waals surface area contributed by atoms with Crippen LogP contribution < -0.4 is 5.32 Å². The maximum Gasteiger partial charge on any atom is 0.347 e. The van der Waals surface area contributed by atoms with Crippen LogP contribution in [0.1, 0.15) is 38.9 Å². The molecule has 1 aromatic heterocycles. The lowest BCUT2D eigenvalue weighted by molar-refractivity contribution is -0.121. The van der Waals surface area contributed by atoms with Gasteiger partial charge in [0.05, 0.1) is 18.2 Å². The number of carbonyl (C=O) groups excluding carboxylic acids is 1. The van der Waals surface area contributed by atoms with E-state index < -0.39 is 17.8 Å². The number of aromatic carboxylic acids is 1.